The molecule has 0 bridgehead atoms. The molecule has 0 fully saturated rings. The fourth-order valence-corrected chi connectivity index (χ4v) is 1.30. The number of hydrogen-bond acceptors (Lipinski definition) is 2. The number of methoxy groups -OCH3 is 1. The Bertz CT molecular complexity index is 82.6. The smallest absolute Gasteiger partial charge is 0.0589 e. The Morgan fingerprint density at radius 1 is 1.25 bits per heavy atom. The molecule has 0 N–H and O–H groups in total. The third kappa shape index (κ3) is 6.89. The molecule has 0 aliphatic heterocycles. The van der Waals surface area contributed by atoms with E-state index in [1.807, 2.05) is 0 Å². The number of rotatable bonds is 8. The van der Waals surface area contributed by atoms with Gasteiger partial charge in [-0.25, -0.2) is 0 Å². The van der Waals surface area contributed by atoms with Crippen LogP contribution < -0.4 is 0 Å². The summed E-state index contributed by atoms with van der Waals surface area (Å²) < 4.78 is 5.01. The first-order chi connectivity index (χ1) is 5.85. The Morgan fingerprint density at radius 3 is 2.50 bits per heavy atom. The van der Waals surface area contributed by atoms with Crippen LogP contribution in [0.15, 0.2) is 0 Å². The second kappa shape index (κ2) is 9.30. The lowest BCUT2D eigenvalue weighted by atomic mass is 10.3. The quantitative estimate of drug-likeness (QED) is 0.547. The summed E-state index contributed by atoms with van der Waals surface area (Å²) in [5, 5.41) is 0. The Morgan fingerprint density at radius 2 is 2.00 bits per heavy atom. The number of ether oxygens (including phenoxy) is 1. The van der Waals surface area contributed by atoms with Gasteiger partial charge in [0, 0.05) is 26.1 Å². The second-order valence-corrected chi connectivity index (χ2v) is 3.25. The van der Waals surface area contributed by atoms with Crippen molar-refractivity contribution in [1.29, 1.82) is 0 Å². The van der Waals surface area contributed by atoms with Crippen LogP contribution in [-0.4, -0.2) is 44.1 Å². The molecular weight excluding hydrogens is 174 g/mol. The number of unbranched alkanes of at least 4 members (excludes halogenated alkanes) is 1. The lowest BCUT2D eigenvalue weighted by Gasteiger charge is -2.19. The van der Waals surface area contributed by atoms with Gasteiger partial charge in [0.1, 0.15) is 0 Å². The molecule has 74 valence electrons. The monoisotopic (exact) mass is 193 g/mol. The van der Waals surface area contributed by atoms with Gasteiger partial charge < -0.3 is 4.74 Å². The standard InChI is InChI=1S/C9H20ClNO/c1-3-4-6-11(7-5-10)8-9-12-2/h3-9H2,1-2H3. The van der Waals surface area contributed by atoms with Crippen LogP contribution in [0.4, 0.5) is 0 Å². The molecule has 2 nitrogen and oxygen atoms in total. The van der Waals surface area contributed by atoms with E-state index in [-0.39, 0.29) is 0 Å². The maximum atomic E-state index is 5.67. The second-order valence-electron chi connectivity index (χ2n) is 2.88. The van der Waals surface area contributed by atoms with E-state index in [4.69, 9.17) is 16.3 Å². The van der Waals surface area contributed by atoms with Crippen LogP contribution in [0.5, 0.6) is 0 Å². The van der Waals surface area contributed by atoms with Gasteiger partial charge in [-0.2, -0.15) is 0 Å². The summed E-state index contributed by atoms with van der Waals surface area (Å²) in [6, 6.07) is 0. The van der Waals surface area contributed by atoms with Gasteiger partial charge >= 0.3 is 0 Å². The van der Waals surface area contributed by atoms with Crippen LogP contribution in [0.2, 0.25) is 0 Å². The molecule has 0 aromatic carbocycles. The molecule has 0 rings (SSSR count). The topological polar surface area (TPSA) is 12.5 Å². The van der Waals surface area contributed by atoms with Crippen molar-refractivity contribution in [3.63, 3.8) is 0 Å². The van der Waals surface area contributed by atoms with Crippen molar-refractivity contribution in [3.05, 3.63) is 0 Å². The van der Waals surface area contributed by atoms with E-state index >= 15 is 0 Å². The predicted octanol–water partition coefficient (Wildman–Crippen LogP) is 1.97. The van der Waals surface area contributed by atoms with E-state index in [2.05, 4.69) is 11.8 Å². The zero-order valence-corrected chi connectivity index (χ0v) is 8.94. The first-order valence-electron chi connectivity index (χ1n) is 4.62. The summed E-state index contributed by atoms with van der Waals surface area (Å²) >= 11 is 5.67. The number of halogens is 1. The van der Waals surface area contributed by atoms with E-state index in [1.54, 1.807) is 7.11 Å². The van der Waals surface area contributed by atoms with Crippen LogP contribution in [0.25, 0.3) is 0 Å². The Labute approximate surface area is 80.8 Å². The van der Waals surface area contributed by atoms with E-state index in [1.165, 1.54) is 12.8 Å². The summed E-state index contributed by atoms with van der Waals surface area (Å²) in [6.45, 7) is 6.14. The van der Waals surface area contributed by atoms with Crippen molar-refractivity contribution < 1.29 is 4.74 Å². The molecule has 0 aliphatic carbocycles. The van der Waals surface area contributed by atoms with Crippen LogP contribution in [-0.2, 0) is 4.74 Å². The molecule has 3 heteroatoms. The molecule has 0 amide bonds. The highest BCUT2D eigenvalue weighted by Gasteiger charge is 2.01. The zero-order valence-electron chi connectivity index (χ0n) is 8.18. The van der Waals surface area contributed by atoms with Crippen LogP contribution >= 0.6 is 11.6 Å². The van der Waals surface area contributed by atoms with Gasteiger partial charge in [-0.15, -0.1) is 11.6 Å². The summed E-state index contributed by atoms with van der Waals surface area (Å²) in [6.07, 6.45) is 2.49. The third-order valence-electron chi connectivity index (χ3n) is 1.84. The molecular formula is C9H20ClNO. The highest BCUT2D eigenvalue weighted by atomic mass is 35.5. The van der Waals surface area contributed by atoms with Crippen LogP contribution in [0.3, 0.4) is 0 Å². The minimum atomic E-state index is 0.716. The van der Waals surface area contributed by atoms with Crippen molar-refractivity contribution >= 4 is 11.6 Å². The summed E-state index contributed by atoms with van der Waals surface area (Å²) in [4.78, 5) is 2.35. The SMILES string of the molecule is CCCCN(CCCl)CCOC. The molecule has 0 saturated carbocycles. The number of alkyl halides is 1. The van der Waals surface area contributed by atoms with Crippen molar-refractivity contribution in [1.82, 2.24) is 4.90 Å². The average Bonchev–Trinajstić information content (AvgIpc) is 2.10. The first-order valence-corrected chi connectivity index (χ1v) is 5.15. The molecule has 0 unspecified atom stereocenters. The van der Waals surface area contributed by atoms with Gasteiger partial charge in [-0.05, 0) is 13.0 Å². The van der Waals surface area contributed by atoms with E-state index in [0.29, 0.717) is 5.88 Å². The van der Waals surface area contributed by atoms with Gasteiger partial charge in [0.15, 0.2) is 0 Å². The molecule has 0 heterocycles. The Balaban J connectivity index is 3.40. The minimum absolute atomic E-state index is 0.716. The Hall–Kier alpha value is 0.210. The molecule has 0 aromatic heterocycles. The van der Waals surface area contributed by atoms with Crippen molar-refractivity contribution in [2.45, 2.75) is 19.8 Å². The zero-order chi connectivity index (χ0) is 9.23. The maximum absolute atomic E-state index is 5.67. The number of nitrogens with zero attached hydrogens (tertiary/aromatic N) is 1. The first kappa shape index (κ1) is 12.2. The molecule has 0 aromatic rings. The maximum Gasteiger partial charge on any atom is 0.0589 e. The van der Waals surface area contributed by atoms with Crippen molar-refractivity contribution in [2.24, 2.45) is 0 Å². The molecule has 12 heavy (non-hydrogen) atoms. The number of hydrogen-bond donors (Lipinski definition) is 0. The fraction of sp³-hybridized carbons (Fsp3) is 1.00. The highest BCUT2D eigenvalue weighted by Crippen LogP contribution is 1.95. The highest BCUT2D eigenvalue weighted by molar-refractivity contribution is 6.18. The Kier molecular flexibility index (Phi) is 9.46. The van der Waals surface area contributed by atoms with Gasteiger partial charge in [0.2, 0.25) is 0 Å². The van der Waals surface area contributed by atoms with E-state index < -0.39 is 0 Å². The molecule has 0 spiro atoms. The molecule has 0 aliphatic rings. The fourth-order valence-electron chi connectivity index (χ4n) is 1.06. The van der Waals surface area contributed by atoms with Crippen molar-refractivity contribution in [2.75, 3.05) is 39.2 Å². The van der Waals surface area contributed by atoms with Gasteiger partial charge in [-0.3, -0.25) is 4.90 Å². The largest absolute Gasteiger partial charge is 0.383 e. The van der Waals surface area contributed by atoms with E-state index in [0.717, 1.165) is 26.2 Å². The van der Waals surface area contributed by atoms with Gasteiger partial charge in [0.25, 0.3) is 0 Å². The van der Waals surface area contributed by atoms with Crippen LogP contribution in [0, 0.1) is 0 Å². The minimum Gasteiger partial charge on any atom is -0.383 e. The van der Waals surface area contributed by atoms with Gasteiger partial charge in [-0.1, -0.05) is 13.3 Å². The van der Waals surface area contributed by atoms with Crippen LogP contribution in [0.1, 0.15) is 19.8 Å². The van der Waals surface area contributed by atoms with Crippen molar-refractivity contribution in [3.8, 4) is 0 Å². The lowest BCUT2D eigenvalue weighted by Crippen LogP contribution is -2.30. The molecule has 0 atom stereocenters. The predicted molar refractivity (Wildman–Crippen MR) is 53.9 cm³/mol. The molecule has 0 radical (unpaired) electrons. The average molecular weight is 194 g/mol. The van der Waals surface area contributed by atoms with E-state index in [9.17, 15) is 0 Å². The summed E-state index contributed by atoms with van der Waals surface area (Å²) in [5.41, 5.74) is 0. The molecule has 0 saturated heterocycles. The summed E-state index contributed by atoms with van der Waals surface area (Å²) in [7, 11) is 1.73. The summed E-state index contributed by atoms with van der Waals surface area (Å²) in [5.74, 6) is 0.716. The van der Waals surface area contributed by atoms with Gasteiger partial charge in [0.05, 0.1) is 6.61 Å². The lowest BCUT2D eigenvalue weighted by molar-refractivity contribution is 0.150. The normalized spacial score (nSPS) is 11.0. The third-order valence-corrected chi connectivity index (χ3v) is 2.01.